The van der Waals surface area contributed by atoms with Crippen molar-refractivity contribution in [3.63, 3.8) is 0 Å². The van der Waals surface area contributed by atoms with Crippen LogP contribution in [0.1, 0.15) is 31.9 Å². The van der Waals surface area contributed by atoms with Crippen molar-refractivity contribution in [3.8, 4) is 0 Å². The first-order valence-corrected chi connectivity index (χ1v) is 7.99. The van der Waals surface area contributed by atoms with Gasteiger partial charge in [0.05, 0.1) is 12.8 Å². The third-order valence-corrected chi connectivity index (χ3v) is 3.37. The average Bonchev–Trinajstić information content (AvgIpc) is 2.53. The lowest BCUT2D eigenvalue weighted by molar-refractivity contribution is -0.139. The number of carbonyl (C=O) groups is 2. The molecule has 0 aliphatic heterocycles. The van der Waals surface area contributed by atoms with E-state index in [4.69, 9.17) is 5.11 Å². The van der Waals surface area contributed by atoms with Crippen LogP contribution in [-0.4, -0.2) is 48.9 Å². The Hall–Kier alpha value is -2.41. The Bertz CT molecular complexity index is 599. The Balaban J connectivity index is 2.71. The van der Waals surface area contributed by atoms with Crippen LogP contribution in [-0.2, 0) is 9.59 Å². The highest BCUT2D eigenvalue weighted by atomic mass is 16.3. The van der Waals surface area contributed by atoms with Gasteiger partial charge in [-0.05, 0) is 51.0 Å². The van der Waals surface area contributed by atoms with Crippen LogP contribution in [0.3, 0.4) is 0 Å². The number of benzene rings is 1. The minimum absolute atomic E-state index is 0.0978. The van der Waals surface area contributed by atoms with Gasteiger partial charge in [0.25, 0.3) is 0 Å². The Labute approximate surface area is 142 Å². The maximum Gasteiger partial charge on any atom is 0.329 e. The molecule has 7 heteroatoms. The largest absolute Gasteiger partial charge is 0.395 e. The van der Waals surface area contributed by atoms with E-state index in [0.717, 1.165) is 23.4 Å². The highest BCUT2D eigenvalue weighted by Crippen LogP contribution is 2.18. The summed E-state index contributed by atoms with van der Waals surface area (Å²) in [6.45, 7) is 8.98. The lowest BCUT2D eigenvalue weighted by atomic mass is 10.1. The maximum atomic E-state index is 11.5. The van der Waals surface area contributed by atoms with Crippen molar-refractivity contribution < 1.29 is 14.7 Å². The minimum atomic E-state index is -0.797. The number of anilines is 1. The molecule has 0 aliphatic rings. The van der Waals surface area contributed by atoms with Crippen LogP contribution >= 0.6 is 0 Å². The van der Waals surface area contributed by atoms with E-state index in [2.05, 4.69) is 20.7 Å². The van der Waals surface area contributed by atoms with Gasteiger partial charge >= 0.3 is 11.8 Å². The molecule has 132 valence electrons. The van der Waals surface area contributed by atoms with E-state index in [1.165, 1.54) is 6.21 Å². The molecule has 0 heterocycles. The molecular formula is C17H26N4O3. The summed E-state index contributed by atoms with van der Waals surface area (Å²) in [7, 11) is 0. The molecule has 1 rings (SSSR count). The third-order valence-electron chi connectivity index (χ3n) is 3.37. The van der Waals surface area contributed by atoms with Gasteiger partial charge in [0.15, 0.2) is 0 Å². The van der Waals surface area contributed by atoms with Gasteiger partial charge < -0.3 is 15.3 Å². The number of hydrazone groups is 1. The molecule has 1 aromatic carbocycles. The van der Waals surface area contributed by atoms with Gasteiger partial charge in [0, 0.05) is 24.8 Å². The molecule has 0 unspecified atom stereocenters. The van der Waals surface area contributed by atoms with Crippen molar-refractivity contribution >= 4 is 23.7 Å². The molecule has 2 amide bonds. The number of likely N-dealkylation sites (N-methyl/N-ethyl adjacent to an activating group) is 1. The van der Waals surface area contributed by atoms with E-state index in [1.54, 1.807) is 13.8 Å². The molecule has 0 fully saturated rings. The number of carbonyl (C=O) groups excluding carboxylic acids is 2. The van der Waals surface area contributed by atoms with Crippen LogP contribution in [0.4, 0.5) is 5.69 Å². The predicted octanol–water partition coefficient (Wildman–Crippen LogP) is 0.788. The number of rotatable bonds is 7. The van der Waals surface area contributed by atoms with Crippen LogP contribution < -0.4 is 15.6 Å². The molecule has 1 aromatic rings. The average molecular weight is 334 g/mol. The lowest BCUT2D eigenvalue weighted by Crippen LogP contribution is -2.41. The fourth-order valence-corrected chi connectivity index (χ4v) is 2.13. The molecule has 0 saturated heterocycles. The van der Waals surface area contributed by atoms with Crippen molar-refractivity contribution in [3.05, 3.63) is 29.3 Å². The molecule has 3 N–H and O–H groups in total. The summed E-state index contributed by atoms with van der Waals surface area (Å²) in [5.41, 5.74) is 5.04. The third kappa shape index (κ3) is 6.00. The van der Waals surface area contributed by atoms with Crippen LogP contribution in [0.15, 0.2) is 23.3 Å². The Morgan fingerprint density at radius 3 is 2.58 bits per heavy atom. The second-order valence-corrected chi connectivity index (χ2v) is 5.67. The number of nitrogens with zero attached hydrogens (tertiary/aromatic N) is 2. The van der Waals surface area contributed by atoms with Crippen LogP contribution in [0.2, 0.25) is 0 Å². The van der Waals surface area contributed by atoms with Gasteiger partial charge in [-0.3, -0.25) is 9.59 Å². The smallest absolute Gasteiger partial charge is 0.329 e. The fourth-order valence-electron chi connectivity index (χ4n) is 2.13. The molecule has 0 aromatic heterocycles. The molecular weight excluding hydrogens is 308 g/mol. The van der Waals surface area contributed by atoms with Crippen molar-refractivity contribution in [2.75, 3.05) is 24.6 Å². The Morgan fingerprint density at radius 1 is 1.33 bits per heavy atom. The summed E-state index contributed by atoms with van der Waals surface area (Å²) < 4.78 is 0. The molecule has 0 aliphatic carbocycles. The molecule has 0 saturated carbocycles. The van der Waals surface area contributed by atoms with Crippen molar-refractivity contribution in [1.29, 1.82) is 0 Å². The maximum absolute atomic E-state index is 11.5. The normalized spacial score (nSPS) is 10.9. The summed E-state index contributed by atoms with van der Waals surface area (Å²) in [5, 5.41) is 15.4. The van der Waals surface area contributed by atoms with Crippen molar-refractivity contribution in [2.45, 2.75) is 33.7 Å². The summed E-state index contributed by atoms with van der Waals surface area (Å²) >= 11 is 0. The molecule has 24 heavy (non-hydrogen) atoms. The van der Waals surface area contributed by atoms with E-state index in [1.807, 2.05) is 32.0 Å². The van der Waals surface area contributed by atoms with Crippen LogP contribution in [0, 0.1) is 6.92 Å². The highest BCUT2D eigenvalue weighted by molar-refractivity contribution is 6.35. The zero-order valence-corrected chi connectivity index (χ0v) is 14.7. The van der Waals surface area contributed by atoms with Crippen LogP contribution in [0.25, 0.3) is 0 Å². The number of aryl methyl sites for hydroxylation is 1. The Morgan fingerprint density at radius 2 is 2.04 bits per heavy atom. The van der Waals surface area contributed by atoms with E-state index in [0.29, 0.717) is 6.54 Å². The Kier molecular flexibility index (Phi) is 7.91. The SMILES string of the molecule is CCN(CCO)c1ccc(/C=N\NC(=O)C(=O)NC(C)C)c(C)c1. The van der Waals surface area contributed by atoms with Gasteiger partial charge in [-0.25, -0.2) is 5.43 Å². The van der Waals surface area contributed by atoms with Gasteiger partial charge in [0.2, 0.25) is 0 Å². The topological polar surface area (TPSA) is 94.0 Å². The molecule has 7 nitrogen and oxygen atoms in total. The summed E-state index contributed by atoms with van der Waals surface area (Å²) in [4.78, 5) is 25.1. The van der Waals surface area contributed by atoms with E-state index in [-0.39, 0.29) is 12.6 Å². The lowest BCUT2D eigenvalue weighted by Gasteiger charge is -2.22. The first kappa shape index (κ1) is 19.6. The number of hydrogen-bond donors (Lipinski definition) is 3. The predicted molar refractivity (Wildman–Crippen MR) is 95.2 cm³/mol. The number of aliphatic hydroxyl groups is 1. The van der Waals surface area contributed by atoms with Gasteiger partial charge in [-0.1, -0.05) is 6.07 Å². The first-order valence-electron chi connectivity index (χ1n) is 7.99. The molecule has 0 bridgehead atoms. The highest BCUT2D eigenvalue weighted by Gasteiger charge is 2.13. The van der Waals surface area contributed by atoms with Crippen molar-refractivity contribution in [1.82, 2.24) is 10.7 Å². The first-order chi connectivity index (χ1) is 11.4. The summed E-state index contributed by atoms with van der Waals surface area (Å²) in [6.07, 6.45) is 1.50. The number of hydrogen-bond acceptors (Lipinski definition) is 5. The molecule has 0 atom stereocenters. The van der Waals surface area contributed by atoms with Crippen molar-refractivity contribution in [2.24, 2.45) is 5.10 Å². The minimum Gasteiger partial charge on any atom is -0.395 e. The second-order valence-electron chi connectivity index (χ2n) is 5.67. The quantitative estimate of drug-likeness (QED) is 0.390. The van der Waals surface area contributed by atoms with Gasteiger partial charge in [0.1, 0.15) is 0 Å². The fraction of sp³-hybridized carbons (Fsp3) is 0.471. The summed E-state index contributed by atoms with van der Waals surface area (Å²) in [5.74, 6) is -1.51. The number of nitrogens with one attached hydrogen (secondary N) is 2. The van der Waals surface area contributed by atoms with Gasteiger partial charge in [-0.15, -0.1) is 0 Å². The van der Waals surface area contributed by atoms with Gasteiger partial charge in [-0.2, -0.15) is 5.10 Å². The molecule has 0 radical (unpaired) electrons. The second kappa shape index (κ2) is 9.67. The number of aliphatic hydroxyl groups excluding tert-OH is 1. The standard InChI is InChI=1S/C17H26N4O3/c1-5-21(8-9-22)15-7-6-14(13(4)10-15)11-18-20-17(24)16(23)19-12(2)3/h6-7,10-12,22H,5,8-9H2,1-4H3,(H,19,23)(H,20,24)/b18-11-. The van der Waals surface area contributed by atoms with E-state index in [9.17, 15) is 9.59 Å². The summed E-state index contributed by atoms with van der Waals surface area (Å²) in [6, 6.07) is 5.70. The van der Waals surface area contributed by atoms with Crippen LogP contribution in [0.5, 0.6) is 0 Å². The monoisotopic (exact) mass is 334 g/mol. The zero-order chi connectivity index (χ0) is 18.1. The van der Waals surface area contributed by atoms with E-state index >= 15 is 0 Å². The number of amides is 2. The van der Waals surface area contributed by atoms with E-state index < -0.39 is 11.8 Å². The molecule has 0 spiro atoms. The zero-order valence-electron chi connectivity index (χ0n) is 14.7.